The molecule has 3 amide bonds. The lowest BCUT2D eigenvalue weighted by molar-refractivity contribution is -0.135. The Balaban J connectivity index is 0.691. The van der Waals surface area contributed by atoms with Crippen molar-refractivity contribution < 1.29 is 32.6 Å². The Kier molecular flexibility index (Phi) is 11.6. The van der Waals surface area contributed by atoms with Gasteiger partial charge >= 0.3 is 5.69 Å². The van der Waals surface area contributed by atoms with Gasteiger partial charge in [0.2, 0.25) is 11.8 Å². The zero-order chi connectivity index (χ0) is 44.2. The van der Waals surface area contributed by atoms with Crippen molar-refractivity contribution in [3.8, 4) is 0 Å². The number of carbonyl (C=O) groups is 3. The SMILES string of the molecule is C[C@@H](CCc1cccc2c1n(C)c(=O)n2C1CCC(=O)NC1=O)OC1CCN(CC2CCC(n3cc(NC(=O)c4cnn5ccc(N6C[C@H]7C[C@@H]6CO7)cc45)c(C(F)F)n3)CC2)CC1. The fraction of sp³-hybridized carbons (Fsp3) is 0.565. The Morgan fingerprint density at radius 3 is 2.58 bits per heavy atom. The van der Waals surface area contributed by atoms with Gasteiger partial charge in [0.1, 0.15) is 6.04 Å². The first kappa shape index (κ1) is 42.5. The number of aryl methyl sites for hydroxylation is 2. The number of aromatic nitrogens is 6. The van der Waals surface area contributed by atoms with Crippen molar-refractivity contribution in [1.82, 2.24) is 38.7 Å². The Morgan fingerprint density at radius 2 is 1.84 bits per heavy atom. The molecule has 2 N–H and O–H groups in total. The van der Waals surface area contributed by atoms with Crippen LogP contribution in [0, 0.1) is 5.92 Å². The molecule has 340 valence electrons. The normalized spacial score (nSPS) is 25.0. The quantitative estimate of drug-likeness (QED) is 0.143. The average Bonchev–Trinajstić information content (AvgIpc) is 4.14. The van der Waals surface area contributed by atoms with E-state index in [4.69, 9.17) is 9.47 Å². The van der Waals surface area contributed by atoms with E-state index in [1.54, 1.807) is 27.0 Å². The highest BCUT2D eigenvalue weighted by Crippen LogP contribution is 2.37. The highest BCUT2D eigenvalue weighted by atomic mass is 19.3. The minimum atomic E-state index is -2.84. The maximum Gasteiger partial charge on any atom is 0.329 e. The third-order valence-electron chi connectivity index (χ3n) is 14.4. The smallest absolute Gasteiger partial charge is 0.329 e. The van der Waals surface area contributed by atoms with Gasteiger partial charge in [0.05, 0.1) is 71.0 Å². The van der Waals surface area contributed by atoms with Crippen LogP contribution in [0.15, 0.2) is 53.7 Å². The molecule has 1 saturated carbocycles. The Bertz CT molecular complexity index is 2620. The molecule has 5 fully saturated rings. The van der Waals surface area contributed by atoms with Crippen molar-refractivity contribution in [2.75, 3.05) is 43.0 Å². The number of nitrogens with zero attached hydrogens (tertiary/aromatic N) is 8. The minimum absolute atomic E-state index is 0.0169. The number of fused-ring (bicyclic) bond motifs is 4. The molecule has 4 atom stereocenters. The van der Waals surface area contributed by atoms with Gasteiger partial charge in [0.25, 0.3) is 12.3 Å². The zero-order valence-electron chi connectivity index (χ0n) is 36.3. The number of benzene rings is 1. The number of ether oxygens (including phenoxy) is 2. The van der Waals surface area contributed by atoms with Gasteiger partial charge in [-0.2, -0.15) is 10.2 Å². The van der Waals surface area contributed by atoms with Gasteiger partial charge in [-0.3, -0.25) is 33.5 Å². The summed E-state index contributed by atoms with van der Waals surface area (Å²) in [6, 6.07) is 9.27. The van der Waals surface area contributed by atoms with E-state index in [0.717, 1.165) is 94.3 Å². The van der Waals surface area contributed by atoms with E-state index in [1.807, 2.05) is 36.5 Å². The molecule has 64 heavy (non-hydrogen) atoms. The fourth-order valence-electron chi connectivity index (χ4n) is 11.0. The van der Waals surface area contributed by atoms with Crippen molar-refractivity contribution in [1.29, 1.82) is 0 Å². The fourth-order valence-corrected chi connectivity index (χ4v) is 11.0. The summed E-state index contributed by atoms with van der Waals surface area (Å²) in [5.74, 6) is -0.754. The number of amides is 3. The number of hydrogen-bond donors (Lipinski definition) is 2. The van der Waals surface area contributed by atoms with Gasteiger partial charge in [-0.05, 0) is 101 Å². The van der Waals surface area contributed by atoms with E-state index < -0.39 is 30.0 Å². The molecule has 2 bridgehead atoms. The van der Waals surface area contributed by atoms with E-state index in [0.29, 0.717) is 48.0 Å². The van der Waals surface area contributed by atoms with Crippen LogP contribution >= 0.6 is 0 Å². The molecular weight excluding hydrogens is 827 g/mol. The van der Waals surface area contributed by atoms with Gasteiger partial charge in [-0.1, -0.05) is 12.1 Å². The van der Waals surface area contributed by atoms with Crippen LogP contribution in [0.1, 0.15) is 111 Å². The molecule has 1 aromatic carbocycles. The maximum atomic E-state index is 14.3. The summed E-state index contributed by atoms with van der Waals surface area (Å²) in [5, 5.41) is 13.8. The van der Waals surface area contributed by atoms with Crippen LogP contribution in [0.2, 0.25) is 0 Å². The second kappa shape index (κ2) is 17.5. The lowest BCUT2D eigenvalue weighted by Crippen LogP contribution is -2.44. The monoisotopic (exact) mass is 882 g/mol. The van der Waals surface area contributed by atoms with Crippen LogP contribution in [0.5, 0.6) is 0 Å². The second-order valence-corrected chi connectivity index (χ2v) is 18.6. The van der Waals surface area contributed by atoms with Crippen molar-refractivity contribution in [2.24, 2.45) is 13.0 Å². The molecule has 1 aliphatic carbocycles. The number of pyridine rings is 1. The van der Waals surface area contributed by atoms with Crippen molar-refractivity contribution >= 4 is 45.6 Å². The number of alkyl halides is 2. The standard InChI is InChI=1S/C46H56F2N10O6/c1-27(6-9-29-4-3-5-37-42(29)53(2)46(62)58(37)38-12-13-40(59)51-45(38)61)64-33-15-17-54(18-16-33)23-28-7-10-30(11-8-28)57-25-36(41(52-57)43(47)48)50-44(60)35-22-49-56-19-14-31(21-39(35)56)55-24-34-20-32(55)26-63-34/h3-5,14,19,21-22,25,27-28,30,32-34,38,43H,6-13,15-18,20,23-24,26H2,1-2H3,(H,50,60)(H,51,59,61)/t27-,28?,30?,32+,34+,38?/m0/s1. The summed E-state index contributed by atoms with van der Waals surface area (Å²) in [7, 11) is 1.73. The van der Waals surface area contributed by atoms with Crippen molar-refractivity contribution in [3.05, 3.63) is 76.2 Å². The number of likely N-dealkylation sites (tertiary alicyclic amines) is 1. The second-order valence-electron chi connectivity index (χ2n) is 18.6. The first-order valence-corrected chi connectivity index (χ1v) is 22.9. The first-order valence-electron chi connectivity index (χ1n) is 22.9. The zero-order valence-corrected chi connectivity index (χ0v) is 36.3. The third-order valence-corrected chi connectivity index (χ3v) is 14.4. The number of morpholine rings is 1. The van der Waals surface area contributed by atoms with E-state index in [2.05, 4.69) is 37.6 Å². The molecule has 5 aliphatic rings. The summed E-state index contributed by atoms with van der Waals surface area (Å²) in [6.07, 6.45) is 10.9. The highest BCUT2D eigenvalue weighted by molar-refractivity contribution is 6.09. The number of carbonyl (C=O) groups excluding carboxylic acids is 3. The topological polar surface area (TPSA) is 162 Å². The molecule has 10 rings (SSSR count). The molecule has 5 aromatic rings. The Labute approximate surface area is 368 Å². The minimum Gasteiger partial charge on any atom is -0.375 e. The largest absolute Gasteiger partial charge is 0.375 e. The first-order chi connectivity index (χ1) is 31.0. The number of anilines is 2. The van der Waals surface area contributed by atoms with Crippen molar-refractivity contribution in [2.45, 2.75) is 120 Å². The molecule has 4 saturated heterocycles. The van der Waals surface area contributed by atoms with Crippen LogP contribution in [-0.4, -0.2) is 108 Å². The average molecular weight is 883 g/mol. The van der Waals surface area contributed by atoms with Crippen LogP contribution in [0.25, 0.3) is 16.6 Å². The summed E-state index contributed by atoms with van der Waals surface area (Å²) < 4.78 is 47.4. The number of nitrogens with one attached hydrogen (secondary N) is 2. The lowest BCUT2D eigenvalue weighted by atomic mass is 9.85. The van der Waals surface area contributed by atoms with E-state index >= 15 is 0 Å². The lowest BCUT2D eigenvalue weighted by Gasteiger charge is -2.37. The van der Waals surface area contributed by atoms with Crippen LogP contribution in [0.4, 0.5) is 20.2 Å². The summed E-state index contributed by atoms with van der Waals surface area (Å²) in [5.41, 5.74) is 3.75. The third kappa shape index (κ3) is 8.23. The summed E-state index contributed by atoms with van der Waals surface area (Å²) in [4.78, 5) is 56.2. The van der Waals surface area contributed by atoms with Crippen molar-refractivity contribution in [3.63, 3.8) is 0 Å². The number of halogens is 2. The number of imide groups is 1. The molecule has 0 radical (unpaired) electrons. The van der Waals surface area contributed by atoms with Gasteiger partial charge in [0.15, 0.2) is 5.69 Å². The van der Waals surface area contributed by atoms with Crippen LogP contribution < -0.4 is 21.2 Å². The Hall–Kier alpha value is -5.46. The van der Waals surface area contributed by atoms with E-state index in [-0.39, 0.29) is 48.1 Å². The molecule has 4 aliphatic heterocycles. The summed E-state index contributed by atoms with van der Waals surface area (Å²) >= 11 is 0. The molecule has 8 heterocycles. The number of para-hydroxylation sites is 1. The van der Waals surface area contributed by atoms with E-state index in [1.165, 1.54) is 10.8 Å². The van der Waals surface area contributed by atoms with Gasteiger partial charge in [-0.15, -0.1) is 0 Å². The molecule has 1 unspecified atom stereocenters. The number of imidazole rings is 1. The van der Waals surface area contributed by atoms with Gasteiger partial charge in [-0.25, -0.2) is 18.1 Å². The Morgan fingerprint density at radius 1 is 1.03 bits per heavy atom. The highest BCUT2D eigenvalue weighted by Gasteiger charge is 2.39. The van der Waals surface area contributed by atoms with Crippen LogP contribution in [0.3, 0.4) is 0 Å². The molecule has 0 spiro atoms. The molecule has 4 aromatic heterocycles. The van der Waals surface area contributed by atoms with E-state index in [9.17, 15) is 28.0 Å². The van der Waals surface area contributed by atoms with Gasteiger partial charge in [0, 0.05) is 57.7 Å². The molecule has 18 heteroatoms. The number of rotatable bonds is 13. The molecule has 16 nitrogen and oxygen atoms in total. The van der Waals surface area contributed by atoms with Gasteiger partial charge < -0.3 is 24.6 Å². The number of hydrogen-bond acceptors (Lipinski definition) is 10. The van der Waals surface area contributed by atoms with Crippen LogP contribution in [-0.2, 0) is 32.5 Å². The maximum absolute atomic E-state index is 14.3. The molecular formula is C46H56F2N10O6. The number of piperidine rings is 2. The predicted molar refractivity (Wildman–Crippen MR) is 234 cm³/mol. The predicted octanol–water partition coefficient (Wildman–Crippen LogP) is 5.56. The summed E-state index contributed by atoms with van der Waals surface area (Å²) in [6.45, 7) is 6.48.